The molecule has 3 aromatic rings. The lowest BCUT2D eigenvalue weighted by Crippen LogP contribution is -2.27. The molecule has 2 aliphatic rings. The minimum atomic E-state index is -0.779. The zero-order valence-corrected chi connectivity index (χ0v) is 17.8. The Labute approximate surface area is 188 Å². The fraction of sp³-hybridized carbons (Fsp3) is 0.304. The molecule has 1 aromatic carbocycles. The number of carbonyl (C=O) groups excluding carboxylic acids is 2. The van der Waals surface area contributed by atoms with E-state index in [1.165, 1.54) is 16.8 Å². The molecule has 1 saturated carbocycles. The Morgan fingerprint density at radius 3 is 2.70 bits per heavy atom. The third-order valence-electron chi connectivity index (χ3n) is 6.11. The van der Waals surface area contributed by atoms with Crippen LogP contribution < -0.4 is 11.5 Å². The van der Waals surface area contributed by atoms with Gasteiger partial charge in [0.05, 0.1) is 29.0 Å². The highest BCUT2D eigenvalue weighted by molar-refractivity contribution is 5.99. The van der Waals surface area contributed by atoms with Crippen molar-refractivity contribution < 1.29 is 14.0 Å². The van der Waals surface area contributed by atoms with Crippen LogP contribution in [-0.4, -0.2) is 49.1 Å². The van der Waals surface area contributed by atoms with Gasteiger partial charge in [-0.05, 0) is 37.3 Å². The van der Waals surface area contributed by atoms with E-state index in [1.807, 2.05) is 4.57 Å². The number of rotatable bonds is 4. The SMILES string of the molecule is C=CC(=O)N1CC[C@H](n2nc(C#Cc3cc4ncn(C5CC5)c4cc3F)c(C(N)=O)c2N)C1. The van der Waals surface area contributed by atoms with E-state index in [1.54, 1.807) is 17.3 Å². The van der Waals surface area contributed by atoms with Crippen molar-refractivity contribution in [2.24, 2.45) is 5.73 Å². The normalized spacial score (nSPS) is 17.7. The smallest absolute Gasteiger partial charge is 0.255 e. The van der Waals surface area contributed by atoms with Gasteiger partial charge in [0.15, 0.2) is 5.69 Å². The standard InChI is InChI=1S/C23H22FN7O2/c1-2-20(32)29-8-7-15(11-29)31-22(25)21(23(26)33)17(28-31)6-3-13-9-18-19(10-16(13)24)30(12-27-18)14-4-5-14/h2,9-10,12,14-15H,1,4-5,7-8,11,25H2,(H2,26,33)/t15-/m0/s1. The largest absolute Gasteiger partial charge is 0.383 e. The second-order valence-corrected chi connectivity index (χ2v) is 8.30. The first-order chi connectivity index (χ1) is 15.9. The van der Waals surface area contributed by atoms with E-state index in [0.29, 0.717) is 31.1 Å². The first kappa shape index (κ1) is 20.8. The predicted molar refractivity (Wildman–Crippen MR) is 120 cm³/mol. The van der Waals surface area contributed by atoms with Gasteiger partial charge in [-0.1, -0.05) is 12.5 Å². The Bertz CT molecular complexity index is 1370. The van der Waals surface area contributed by atoms with E-state index in [-0.39, 0.29) is 34.6 Å². The molecule has 1 aliphatic carbocycles. The maximum atomic E-state index is 14.8. The van der Waals surface area contributed by atoms with Crippen LogP contribution >= 0.6 is 0 Å². The van der Waals surface area contributed by atoms with Crippen LogP contribution in [0.15, 0.2) is 31.1 Å². The van der Waals surface area contributed by atoms with E-state index >= 15 is 0 Å². The quantitative estimate of drug-likeness (QED) is 0.466. The number of primary amides is 1. The predicted octanol–water partition coefficient (Wildman–Crippen LogP) is 1.75. The molecule has 2 amide bonds. The molecule has 3 heterocycles. The molecular weight excluding hydrogens is 425 g/mol. The van der Waals surface area contributed by atoms with Gasteiger partial charge < -0.3 is 20.9 Å². The van der Waals surface area contributed by atoms with Crippen LogP contribution in [0.3, 0.4) is 0 Å². The van der Waals surface area contributed by atoms with Crippen molar-refractivity contribution in [2.45, 2.75) is 31.3 Å². The highest BCUT2D eigenvalue weighted by atomic mass is 19.1. The summed E-state index contributed by atoms with van der Waals surface area (Å²) in [7, 11) is 0. The van der Waals surface area contributed by atoms with Crippen molar-refractivity contribution in [1.29, 1.82) is 0 Å². The van der Waals surface area contributed by atoms with Gasteiger partial charge >= 0.3 is 0 Å². The van der Waals surface area contributed by atoms with Crippen molar-refractivity contribution in [1.82, 2.24) is 24.2 Å². The molecule has 0 radical (unpaired) electrons. The van der Waals surface area contributed by atoms with E-state index in [4.69, 9.17) is 11.5 Å². The van der Waals surface area contributed by atoms with E-state index in [9.17, 15) is 14.0 Å². The fourth-order valence-electron chi connectivity index (χ4n) is 4.24. The van der Waals surface area contributed by atoms with Gasteiger partial charge in [-0.25, -0.2) is 14.1 Å². The molecule has 10 heteroatoms. The van der Waals surface area contributed by atoms with Gasteiger partial charge in [0.25, 0.3) is 5.91 Å². The maximum absolute atomic E-state index is 14.8. The highest BCUT2D eigenvalue weighted by Gasteiger charge is 2.31. The van der Waals surface area contributed by atoms with Crippen molar-refractivity contribution in [2.75, 3.05) is 18.8 Å². The van der Waals surface area contributed by atoms with Crippen molar-refractivity contribution in [3.05, 3.63) is 53.8 Å². The number of anilines is 1. The first-order valence-electron chi connectivity index (χ1n) is 10.6. The zero-order valence-electron chi connectivity index (χ0n) is 17.8. The summed E-state index contributed by atoms with van der Waals surface area (Å²) >= 11 is 0. The molecular formula is C23H22FN7O2. The summed E-state index contributed by atoms with van der Waals surface area (Å²) in [4.78, 5) is 29.9. The molecule has 33 heavy (non-hydrogen) atoms. The number of likely N-dealkylation sites (tertiary alicyclic amines) is 1. The van der Waals surface area contributed by atoms with Crippen molar-refractivity contribution in [3.8, 4) is 11.8 Å². The number of imidazole rings is 1. The summed E-state index contributed by atoms with van der Waals surface area (Å²) in [5.74, 6) is 4.12. The Morgan fingerprint density at radius 1 is 1.21 bits per heavy atom. The van der Waals surface area contributed by atoms with Gasteiger partial charge in [0.1, 0.15) is 17.2 Å². The molecule has 1 aliphatic heterocycles. The third-order valence-corrected chi connectivity index (χ3v) is 6.11. The van der Waals surface area contributed by atoms with Crippen LogP contribution in [0.5, 0.6) is 0 Å². The van der Waals surface area contributed by atoms with Gasteiger partial charge in [-0.3, -0.25) is 9.59 Å². The van der Waals surface area contributed by atoms with Crippen LogP contribution in [0.25, 0.3) is 11.0 Å². The number of amides is 2. The summed E-state index contributed by atoms with van der Waals surface area (Å²) in [5.41, 5.74) is 13.3. The lowest BCUT2D eigenvalue weighted by molar-refractivity contribution is -0.125. The van der Waals surface area contributed by atoms with Gasteiger partial charge in [0, 0.05) is 25.2 Å². The van der Waals surface area contributed by atoms with Crippen LogP contribution in [-0.2, 0) is 4.79 Å². The Morgan fingerprint density at radius 2 is 2.00 bits per heavy atom. The Hall–Kier alpha value is -4.13. The molecule has 5 rings (SSSR count). The van der Waals surface area contributed by atoms with E-state index in [0.717, 1.165) is 18.4 Å². The first-order valence-corrected chi connectivity index (χ1v) is 10.6. The summed E-state index contributed by atoms with van der Waals surface area (Å²) in [6, 6.07) is 3.15. The number of carbonyl (C=O) groups is 2. The number of aromatic nitrogens is 4. The van der Waals surface area contributed by atoms with Gasteiger partial charge in [-0.15, -0.1) is 0 Å². The molecule has 1 saturated heterocycles. The number of hydrogen-bond acceptors (Lipinski definition) is 5. The molecule has 4 N–H and O–H groups in total. The lowest BCUT2D eigenvalue weighted by atomic mass is 10.1. The molecule has 2 fully saturated rings. The number of nitrogens with zero attached hydrogens (tertiary/aromatic N) is 5. The highest BCUT2D eigenvalue weighted by Crippen LogP contribution is 2.37. The molecule has 2 aromatic heterocycles. The molecule has 0 spiro atoms. The monoisotopic (exact) mass is 447 g/mol. The minimum absolute atomic E-state index is 0.0181. The van der Waals surface area contributed by atoms with Crippen LogP contribution in [0.4, 0.5) is 10.2 Å². The van der Waals surface area contributed by atoms with Gasteiger partial charge in [-0.2, -0.15) is 5.10 Å². The van der Waals surface area contributed by atoms with Crippen LogP contribution in [0.1, 0.15) is 53.0 Å². The second-order valence-electron chi connectivity index (χ2n) is 8.30. The number of hydrogen-bond donors (Lipinski definition) is 2. The summed E-state index contributed by atoms with van der Waals surface area (Å²) < 4.78 is 18.2. The number of benzene rings is 1. The molecule has 0 unspecified atom stereocenters. The fourth-order valence-corrected chi connectivity index (χ4v) is 4.24. The molecule has 0 bridgehead atoms. The zero-order chi connectivity index (χ0) is 23.3. The summed E-state index contributed by atoms with van der Waals surface area (Å²) in [5, 5.41) is 4.39. The Kier molecular flexibility index (Phi) is 4.89. The van der Waals surface area contributed by atoms with Crippen LogP contribution in [0, 0.1) is 17.7 Å². The summed E-state index contributed by atoms with van der Waals surface area (Å²) in [6.45, 7) is 4.39. The lowest BCUT2D eigenvalue weighted by Gasteiger charge is -2.15. The summed E-state index contributed by atoms with van der Waals surface area (Å²) in [6.07, 6.45) is 5.70. The molecule has 1 atom stereocenters. The number of halogens is 1. The molecule has 9 nitrogen and oxygen atoms in total. The van der Waals surface area contributed by atoms with E-state index in [2.05, 4.69) is 28.5 Å². The Balaban J connectivity index is 1.49. The average molecular weight is 447 g/mol. The van der Waals surface area contributed by atoms with Gasteiger partial charge in [0.2, 0.25) is 5.91 Å². The molecule has 168 valence electrons. The number of fused-ring (bicyclic) bond motifs is 1. The minimum Gasteiger partial charge on any atom is -0.383 e. The van der Waals surface area contributed by atoms with E-state index < -0.39 is 11.7 Å². The van der Waals surface area contributed by atoms with Crippen molar-refractivity contribution >= 4 is 28.7 Å². The number of nitrogen functional groups attached to an aromatic ring is 1. The topological polar surface area (TPSA) is 125 Å². The maximum Gasteiger partial charge on any atom is 0.255 e. The third kappa shape index (κ3) is 3.61. The second kappa shape index (κ2) is 7.78. The van der Waals surface area contributed by atoms with Crippen molar-refractivity contribution in [3.63, 3.8) is 0 Å². The number of nitrogens with two attached hydrogens (primary N) is 2. The van der Waals surface area contributed by atoms with Crippen LogP contribution in [0.2, 0.25) is 0 Å². The average Bonchev–Trinajstić information content (AvgIpc) is 3.22.